The first-order valence-corrected chi connectivity index (χ1v) is 6.85. The van der Waals surface area contributed by atoms with E-state index in [9.17, 15) is 0 Å². The number of rotatable bonds is 4. The monoisotopic (exact) mass is 250 g/mol. The molecule has 2 aromatic rings. The molecule has 0 bridgehead atoms. The summed E-state index contributed by atoms with van der Waals surface area (Å²) in [7, 11) is 0. The molecule has 19 heavy (non-hydrogen) atoms. The third-order valence-electron chi connectivity index (χ3n) is 3.59. The molecule has 0 heterocycles. The molecule has 0 aliphatic heterocycles. The minimum absolute atomic E-state index is 0.508. The van der Waals surface area contributed by atoms with Gasteiger partial charge in [-0.1, -0.05) is 48.6 Å². The van der Waals surface area contributed by atoms with Gasteiger partial charge in [-0.15, -0.1) is 0 Å². The van der Waals surface area contributed by atoms with Gasteiger partial charge in [-0.3, -0.25) is 0 Å². The number of benzene rings is 2. The molecule has 0 fully saturated rings. The summed E-state index contributed by atoms with van der Waals surface area (Å²) < 4.78 is 5.47. The van der Waals surface area contributed by atoms with Crippen LogP contribution >= 0.6 is 0 Å². The maximum atomic E-state index is 5.47. The van der Waals surface area contributed by atoms with Crippen LogP contribution in [0.5, 0.6) is 5.75 Å². The second-order valence-electron chi connectivity index (χ2n) is 4.88. The molecule has 3 rings (SSSR count). The Bertz CT molecular complexity index is 581. The molecule has 1 heteroatoms. The van der Waals surface area contributed by atoms with Gasteiger partial charge in [0.05, 0.1) is 6.61 Å². The minimum atomic E-state index is 0.508. The Kier molecular flexibility index (Phi) is 3.37. The van der Waals surface area contributed by atoms with Gasteiger partial charge < -0.3 is 4.74 Å². The van der Waals surface area contributed by atoms with Gasteiger partial charge in [-0.2, -0.15) is 0 Å². The number of fused-ring (bicyclic) bond motifs is 1. The summed E-state index contributed by atoms with van der Waals surface area (Å²) in [5.74, 6) is 1.46. The molecule has 0 saturated carbocycles. The van der Waals surface area contributed by atoms with Crippen LogP contribution in [-0.2, 0) is 6.42 Å². The quantitative estimate of drug-likeness (QED) is 0.779. The highest BCUT2D eigenvalue weighted by atomic mass is 16.5. The Hall–Kier alpha value is -2.02. The van der Waals surface area contributed by atoms with E-state index >= 15 is 0 Å². The lowest BCUT2D eigenvalue weighted by atomic mass is 9.94. The van der Waals surface area contributed by atoms with Gasteiger partial charge >= 0.3 is 0 Å². The Labute approximate surface area is 114 Å². The van der Waals surface area contributed by atoms with Crippen molar-refractivity contribution >= 4 is 6.08 Å². The molecule has 1 unspecified atom stereocenters. The first-order chi connectivity index (χ1) is 9.36. The van der Waals surface area contributed by atoms with Crippen LogP contribution in [-0.4, -0.2) is 6.61 Å². The number of allylic oxidation sites excluding steroid dienone is 1. The normalized spacial score (nSPS) is 16.4. The van der Waals surface area contributed by atoms with Crippen molar-refractivity contribution in [2.24, 2.45) is 0 Å². The molecule has 1 atom stereocenters. The zero-order chi connectivity index (χ0) is 13.1. The molecule has 0 aromatic heterocycles. The molecule has 0 saturated heterocycles. The molecule has 0 N–H and O–H groups in total. The van der Waals surface area contributed by atoms with Gasteiger partial charge in [0.1, 0.15) is 5.75 Å². The Balaban J connectivity index is 1.74. The topological polar surface area (TPSA) is 9.23 Å². The minimum Gasteiger partial charge on any atom is -0.494 e. The number of hydrogen-bond acceptors (Lipinski definition) is 1. The molecule has 1 aliphatic carbocycles. The average Bonchev–Trinajstić information content (AvgIpc) is 2.85. The van der Waals surface area contributed by atoms with Gasteiger partial charge in [0.2, 0.25) is 0 Å². The predicted octanol–water partition coefficient (Wildman–Crippen LogP) is 4.44. The second kappa shape index (κ2) is 5.31. The van der Waals surface area contributed by atoms with Gasteiger partial charge in [0, 0.05) is 5.92 Å². The maximum Gasteiger partial charge on any atom is 0.119 e. The standard InChI is InChI=1S/C18H18O/c1-2-19-17-11-7-14(8-12-17)13-16-10-9-15-5-3-4-6-18(15)16/h3-12,16H,2,13H2,1H3. The highest BCUT2D eigenvalue weighted by Crippen LogP contribution is 2.32. The van der Waals surface area contributed by atoms with E-state index in [1.54, 1.807) is 0 Å². The van der Waals surface area contributed by atoms with Crippen molar-refractivity contribution in [1.29, 1.82) is 0 Å². The summed E-state index contributed by atoms with van der Waals surface area (Å²) in [5, 5.41) is 0. The van der Waals surface area contributed by atoms with Crippen molar-refractivity contribution in [2.45, 2.75) is 19.3 Å². The van der Waals surface area contributed by atoms with E-state index in [1.807, 2.05) is 6.92 Å². The lowest BCUT2D eigenvalue weighted by Crippen LogP contribution is -1.98. The van der Waals surface area contributed by atoms with Gasteiger partial charge in [-0.05, 0) is 42.2 Å². The van der Waals surface area contributed by atoms with Crippen LogP contribution in [0, 0.1) is 0 Å². The zero-order valence-electron chi connectivity index (χ0n) is 11.2. The third kappa shape index (κ3) is 2.55. The number of ether oxygens (including phenoxy) is 1. The van der Waals surface area contributed by atoms with E-state index in [0.29, 0.717) is 5.92 Å². The predicted molar refractivity (Wildman–Crippen MR) is 79.5 cm³/mol. The fourth-order valence-electron chi connectivity index (χ4n) is 2.64. The van der Waals surface area contributed by atoms with Gasteiger partial charge in [0.25, 0.3) is 0 Å². The summed E-state index contributed by atoms with van der Waals surface area (Å²) >= 11 is 0. The molecule has 96 valence electrons. The van der Waals surface area contributed by atoms with Gasteiger partial charge in [-0.25, -0.2) is 0 Å². The number of hydrogen-bond donors (Lipinski definition) is 0. The molecule has 0 amide bonds. The van der Waals surface area contributed by atoms with Crippen molar-refractivity contribution in [2.75, 3.05) is 6.61 Å². The molecule has 1 aliphatic rings. The van der Waals surface area contributed by atoms with Crippen molar-refractivity contribution in [3.05, 3.63) is 71.3 Å². The van der Waals surface area contributed by atoms with Gasteiger partial charge in [0.15, 0.2) is 0 Å². The van der Waals surface area contributed by atoms with E-state index in [2.05, 4.69) is 60.7 Å². The maximum absolute atomic E-state index is 5.47. The Morgan fingerprint density at radius 1 is 1.00 bits per heavy atom. The fourth-order valence-corrected chi connectivity index (χ4v) is 2.64. The van der Waals surface area contributed by atoms with Crippen LogP contribution in [0.1, 0.15) is 29.5 Å². The Morgan fingerprint density at radius 2 is 1.79 bits per heavy atom. The van der Waals surface area contributed by atoms with Crippen LogP contribution < -0.4 is 4.74 Å². The summed E-state index contributed by atoms with van der Waals surface area (Å²) in [4.78, 5) is 0. The molecular weight excluding hydrogens is 232 g/mol. The highest BCUT2D eigenvalue weighted by Gasteiger charge is 2.16. The SMILES string of the molecule is CCOc1ccc(CC2C=Cc3ccccc32)cc1. The first kappa shape index (κ1) is 12.0. The third-order valence-corrected chi connectivity index (χ3v) is 3.59. The van der Waals surface area contributed by atoms with Crippen LogP contribution in [0.15, 0.2) is 54.6 Å². The molecular formula is C18H18O. The van der Waals surface area contributed by atoms with E-state index in [1.165, 1.54) is 16.7 Å². The van der Waals surface area contributed by atoms with Crippen LogP contribution in [0.4, 0.5) is 0 Å². The zero-order valence-corrected chi connectivity index (χ0v) is 11.2. The fraction of sp³-hybridized carbons (Fsp3) is 0.222. The van der Waals surface area contributed by atoms with E-state index < -0.39 is 0 Å². The second-order valence-corrected chi connectivity index (χ2v) is 4.88. The lowest BCUT2D eigenvalue weighted by molar-refractivity contribution is 0.340. The summed E-state index contributed by atoms with van der Waals surface area (Å²) in [5.41, 5.74) is 4.16. The average molecular weight is 250 g/mol. The summed E-state index contributed by atoms with van der Waals surface area (Å²) in [6, 6.07) is 17.1. The van der Waals surface area contributed by atoms with E-state index in [4.69, 9.17) is 4.74 Å². The van der Waals surface area contributed by atoms with Crippen molar-refractivity contribution in [3.63, 3.8) is 0 Å². The molecule has 2 aromatic carbocycles. The van der Waals surface area contributed by atoms with Crippen molar-refractivity contribution in [3.8, 4) is 5.75 Å². The smallest absolute Gasteiger partial charge is 0.119 e. The van der Waals surface area contributed by atoms with E-state index in [0.717, 1.165) is 18.8 Å². The largest absolute Gasteiger partial charge is 0.494 e. The van der Waals surface area contributed by atoms with Crippen LogP contribution in [0.25, 0.3) is 6.08 Å². The van der Waals surface area contributed by atoms with Crippen molar-refractivity contribution in [1.82, 2.24) is 0 Å². The first-order valence-electron chi connectivity index (χ1n) is 6.85. The molecule has 0 spiro atoms. The van der Waals surface area contributed by atoms with Crippen LogP contribution in [0.3, 0.4) is 0 Å². The van der Waals surface area contributed by atoms with E-state index in [-0.39, 0.29) is 0 Å². The molecule has 1 nitrogen and oxygen atoms in total. The lowest BCUT2D eigenvalue weighted by Gasteiger charge is -2.11. The van der Waals surface area contributed by atoms with Crippen LogP contribution in [0.2, 0.25) is 0 Å². The van der Waals surface area contributed by atoms with Crippen molar-refractivity contribution < 1.29 is 4.74 Å². The molecule has 0 radical (unpaired) electrons. The summed E-state index contributed by atoms with van der Waals surface area (Å²) in [6.07, 6.45) is 5.59. The summed E-state index contributed by atoms with van der Waals surface area (Å²) in [6.45, 7) is 2.73. The Morgan fingerprint density at radius 3 is 2.58 bits per heavy atom. The highest BCUT2D eigenvalue weighted by molar-refractivity contribution is 5.62.